The Balaban J connectivity index is 1.69. The van der Waals surface area contributed by atoms with E-state index in [2.05, 4.69) is 80.5 Å². The van der Waals surface area contributed by atoms with Crippen molar-refractivity contribution < 1.29 is 0 Å². The first-order valence-electron chi connectivity index (χ1n) is 6.85. The minimum Gasteiger partial charge on any atom is -0.305 e. The van der Waals surface area contributed by atoms with E-state index in [9.17, 15) is 0 Å². The SMILES string of the molecule is Brc1ccc(CNC(Cc2cccs2)c2cccs2)cc1. The average molecular weight is 378 g/mol. The number of halogens is 1. The van der Waals surface area contributed by atoms with Gasteiger partial charge in [0.25, 0.3) is 0 Å². The molecule has 0 radical (unpaired) electrons. The lowest BCUT2D eigenvalue weighted by Gasteiger charge is -2.17. The second-order valence-electron chi connectivity index (χ2n) is 4.86. The summed E-state index contributed by atoms with van der Waals surface area (Å²) in [6.45, 7) is 0.890. The van der Waals surface area contributed by atoms with Crippen molar-refractivity contribution in [3.8, 4) is 0 Å². The van der Waals surface area contributed by atoms with E-state index in [0.717, 1.165) is 17.4 Å². The van der Waals surface area contributed by atoms with E-state index in [0.29, 0.717) is 6.04 Å². The summed E-state index contributed by atoms with van der Waals surface area (Å²) in [5.41, 5.74) is 1.31. The fourth-order valence-electron chi connectivity index (χ4n) is 2.24. The van der Waals surface area contributed by atoms with Gasteiger partial charge in [0.05, 0.1) is 0 Å². The van der Waals surface area contributed by atoms with Crippen molar-refractivity contribution in [1.29, 1.82) is 0 Å². The molecule has 1 unspecified atom stereocenters. The molecule has 2 aromatic heterocycles. The molecule has 0 spiro atoms. The summed E-state index contributed by atoms with van der Waals surface area (Å²) in [4.78, 5) is 2.83. The summed E-state index contributed by atoms with van der Waals surface area (Å²) < 4.78 is 1.12. The molecule has 3 aromatic rings. The van der Waals surface area contributed by atoms with Crippen LogP contribution >= 0.6 is 38.6 Å². The molecule has 21 heavy (non-hydrogen) atoms. The zero-order valence-corrected chi connectivity index (χ0v) is 14.7. The van der Waals surface area contributed by atoms with Gasteiger partial charge in [-0.3, -0.25) is 0 Å². The van der Waals surface area contributed by atoms with Crippen molar-refractivity contribution in [1.82, 2.24) is 5.32 Å². The van der Waals surface area contributed by atoms with E-state index in [1.807, 2.05) is 22.7 Å². The minimum absolute atomic E-state index is 0.382. The van der Waals surface area contributed by atoms with Gasteiger partial charge in [0.2, 0.25) is 0 Å². The number of nitrogens with one attached hydrogen (secondary N) is 1. The first-order chi connectivity index (χ1) is 10.3. The molecule has 0 saturated carbocycles. The Kier molecular flexibility index (Phi) is 5.25. The summed E-state index contributed by atoms with van der Waals surface area (Å²) >= 11 is 7.14. The van der Waals surface area contributed by atoms with Crippen LogP contribution in [-0.2, 0) is 13.0 Å². The first-order valence-corrected chi connectivity index (χ1v) is 9.40. The number of benzene rings is 1. The van der Waals surface area contributed by atoms with Crippen LogP contribution in [0.4, 0.5) is 0 Å². The minimum atomic E-state index is 0.382. The highest BCUT2D eigenvalue weighted by molar-refractivity contribution is 9.10. The Bertz CT molecular complexity index is 645. The molecule has 0 amide bonds. The second kappa shape index (κ2) is 7.36. The Morgan fingerprint density at radius 3 is 2.38 bits per heavy atom. The van der Waals surface area contributed by atoms with Crippen molar-refractivity contribution >= 4 is 38.6 Å². The number of thiophene rings is 2. The molecule has 1 nitrogen and oxygen atoms in total. The molecule has 0 bridgehead atoms. The maximum Gasteiger partial charge on any atom is 0.0466 e. The van der Waals surface area contributed by atoms with E-state index in [-0.39, 0.29) is 0 Å². The van der Waals surface area contributed by atoms with Gasteiger partial charge in [0, 0.05) is 33.2 Å². The van der Waals surface area contributed by atoms with Gasteiger partial charge >= 0.3 is 0 Å². The van der Waals surface area contributed by atoms with Gasteiger partial charge in [-0.25, -0.2) is 0 Å². The highest BCUT2D eigenvalue weighted by Gasteiger charge is 2.13. The fourth-order valence-corrected chi connectivity index (χ4v) is 4.05. The first kappa shape index (κ1) is 15.0. The van der Waals surface area contributed by atoms with Gasteiger partial charge in [-0.15, -0.1) is 22.7 Å². The largest absolute Gasteiger partial charge is 0.305 e. The lowest BCUT2D eigenvalue weighted by Crippen LogP contribution is -2.21. The molecule has 1 N–H and O–H groups in total. The van der Waals surface area contributed by atoms with Crippen LogP contribution in [0.3, 0.4) is 0 Å². The van der Waals surface area contributed by atoms with Crippen LogP contribution in [0.1, 0.15) is 21.4 Å². The third-order valence-electron chi connectivity index (χ3n) is 3.34. The van der Waals surface area contributed by atoms with Crippen molar-refractivity contribution in [3.05, 3.63) is 79.1 Å². The van der Waals surface area contributed by atoms with Gasteiger partial charge in [0.1, 0.15) is 0 Å². The monoisotopic (exact) mass is 377 g/mol. The van der Waals surface area contributed by atoms with Crippen molar-refractivity contribution in [2.24, 2.45) is 0 Å². The van der Waals surface area contributed by atoms with Gasteiger partial charge < -0.3 is 5.32 Å². The third-order valence-corrected chi connectivity index (χ3v) is 5.75. The number of hydrogen-bond donors (Lipinski definition) is 1. The Labute approximate surface area is 141 Å². The molecule has 0 saturated heterocycles. The Morgan fingerprint density at radius 1 is 0.952 bits per heavy atom. The van der Waals surface area contributed by atoms with Gasteiger partial charge in [-0.05, 0) is 40.6 Å². The third kappa shape index (κ3) is 4.27. The fraction of sp³-hybridized carbons (Fsp3) is 0.176. The Hall–Kier alpha value is -0.940. The van der Waals surface area contributed by atoms with Gasteiger partial charge in [-0.1, -0.05) is 40.2 Å². The molecule has 108 valence electrons. The molecule has 4 heteroatoms. The van der Waals surface area contributed by atoms with E-state index in [4.69, 9.17) is 0 Å². The number of hydrogen-bond acceptors (Lipinski definition) is 3. The summed E-state index contributed by atoms with van der Waals surface area (Å²) in [5, 5.41) is 8.00. The molecule has 0 aliphatic carbocycles. The normalized spacial score (nSPS) is 12.4. The second-order valence-corrected chi connectivity index (χ2v) is 7.79. The van der Waals surface area contributed by atoms with Crippen molar-refractivity contribution in [2.45, 2.75) is 19.0 Å². The number of rotatable bonds is 6. The molecule has 0 fully saturated rings. The highest BCUT2D eigenvalue weighted by atomic mass is 79.9. The average Bonchev–Trinajstić information content (AvgIpc) is 3.18. The molecule has 3 rings (SSSR count). The van der Waals surface area contributed by atoms with Crippen LogP contribution in [0.25, 0.3) is 0 Å². The van der Waals surface area contributed by atoms with Crippen LogP contribution in [0, 0.1) is 0 Å². The van der Waals surface area contributed by atoms with E-state index < -0.39 is 0 Å². The molecule has 0 aliphatic heterocycles. The smallest absolute Gasteiger partial charge is 0.0466 e. The van der Waals surface area contributed by atoms with E-state index in [1.165, 1.54) is 15.3 Å². The molecule has 1 atom stereocenters. The van der Waals surface area contributed by atoms with E-state index >= 15 is 0 Å². The van der Waals surface area contributed by atoms with Crippen molar-refractivity contribution in [3.63, 3.8) is 0 Å². The van der Waals surface area contributed by atoms with Crippen LogP contribution in [0.2, 0.25) is 0 Å². The lowest BCUT2D eigenvalue weighted by molar-refractivity contribution is 0.541. The maximum atomic E-state index is 3.70. The summed E-state index contributed by atoms with van der Waals surface area (Å²) in [7, 11) is 0. The zero-order chi connectivity index (χ0) is 14.5. The molecular formula is C17H16BrNS2. The van der Waals surface area contributed by atoms with Crippen LogP contribution in [-0.4, -0.2) is 0 Å². The van der Waals surface area contributed by atoms with Crippen LogP contribution < -0.4 is 5.32 Å². The molecule has 0 aliphatic rings. The molecule has 1 aromatic carbocycles. The highest BCUT2D eigenvalue weighted by Crippen LogP contribution is 2.25. The van der Waals surface area contributed by atoms with Gasteiger partial charge in [-0.2, -0.15) is 0 Å². The summed E-state index contributed by atoms with van der Waals surface area (Å²) in [6.07, 6.45) is 1.05. The summed E-state index contributed by atoms with van der Waals surface area (Å²) in [6, 6.07) is 17.6. The van der Waals surface area contributed by atoms with E-state index in [1.54, 1.807) is 0 Å². The maximum absolute atomic E-state index is 3.70. The topological polar surface area (TPSA) is 12.0 Å². The molecule has 2 heterocycles. The lowest BCUT2D eigenvalue weighted by atomic mass is 10.1. The predicted octanol–water partition coefficient (Wildman–Crippen LogP) is 5.65. The zero-order valence-electron chi connectivity index (χ0n) is 11.5. The van der Waals surface area contributed by atoms with Gasteiger partial charge in [0.15, 0.2) is 0 Å². The van der Waals surface area contributed by atoms with Crippen LogP contribution in [0.5, 0.6) is 0 Å². The summed E-state index contributed by atoms with van der Waals surface area (Å²) in [5.74, 6) is 0. The standard InChI is InChI=1S/C17H16BrNS2/c18-14-7-5-13(6-8-14)12-19-16(17-4-2-10-21-17)11-15-3-1-9-20-15/h1-10,16,19H,11-12H2. The predicted molar refractivity (Wildman–Crippen MR) is 96.1 cm³/mol. The quantitative estimate of drug-likeness (QED) is 0.585. The molecular weight excluding hydrogens is 362 g/mol. The van der Waals surface area contributed by atoms with Crippen LogP contribution in [0.15, 0.2) is 63.8 Å². The van der Waals surface area contributed by atoms with Crippen molar-refractivity contribution in [2.75, 3.05) is 0 Å². The Morgan fingerprint density at radius 2 is 1.71 bits per heavy atom.